The van der Waals surface area contributed by atoms with Crippen molar-refractivity contribution in [3.63, 3.8) is 0 Å². The number of benzene rings is 2. The maximum atomic E-state index is 13.8. The Balaban J connectivity index is 1.42. The number of para-hydroxylation sites is 1. The summed E-state index contributed by atoms with van der Waals surface area (Å²) in [6.45, 7) is 4.88. The van der Waals surface area contributed by atoms with Crippen LogP contribution >= 0.6 is 0 Å². The van der Waals surface area contributed by atoms with Gasteiger partial charge in [0.2, 0.25) is 5.95 Å². The van der Waals surface area contributed by atoms with Crippen LogP contribution < -0.4 is 15.0 Å². The van der Waals surface area contributed by atoms with Gasteiger partial charge in [0.1, 0.15) is 18.1 Å². The molecule has 0 saturated carbocycles. The van der Waals surface area contributed by atoms with Gasteiger partial charge in [-0.1, -0.05) is 30.3 Å². The number of ether oxygens (including phenoxy) is 1. The SMILES string of the molecule is COc1ccc(C2C(C(=O)N3CCN(c4ccccc4)CC3)=C(C)Nc3ncnn32)cc1. The Morgan fingerprint density at radius 3 is 2.44 bits per heavy atom. The molecule has 1 unspecified atom stereocenters. The summed E-state index contributed by atoms with van der Waals surface area (Å²) in [7, 11) is 1.64. The lowest BCUT2D eigenvalue weighted by molar-refractivity contribution is -0.128. The second-order valence-electron chi connectivity index (χ2n) is 7.98. The van der Waals surface area contributed by atoms with E-state index in [2.05, 4.69) is 32.4 Å². The number of hydrogen-bond donors (Lipinski definition) is 1. The van der Waals surface area contributed by atoms with Crippen LogP contribution in [0.5, 0.6) is 5.75 Å². The van der Waals surface area contributed by atoms with E-state index in [9.17, 15) is 4.79 Å². The van der Waals surface area contributed by atoms with Gasteiger partial charge in [-0.15, -0.1) is 0 Å². The van der Waals surface area contributed by atoms with Crippen molar-refractivity contribution in [1.29, 1.82) is 0 Å². The van der Waals surface area contributed by atoms with Gasteiger partial charge in [-0.3, -0.25) is 4.79 Å². The number of amides is 1. The molecule has 1 aromatic heterocycles. The monoisotopic (exact) mass is 430 g/mol. The van der Waals surface area contributed by atoms with Gasteiger partial charge in [0.15, 0.2) is 0 Å². The summed E-state index contributed by atoms with van der Waals surface area (Å²) in [6, 6.07) is 17.8. The molecule has 0 aliphatic carbocycles. The number of fused-ring (bicyclic) bond motifs is 1. The molecule has 0 bridgehead atoms. The van der Waals surface area contributed by atoms with Crippen LogP contribution in [0.25, 0.3) is 0 Å². The Morgan fingerprint density at radius 2 is 1.75 bits per heavy atom. The summed E-state index contributed by atoms with van der Waals surface area (Å²) >= 11 is 0. The fraction of sp³-hybridized carbons (Fsp3) is 0.292. The Hall–Kier alpha value is -3.81. The number of allylic oxidation sites excluding steroid dienone is 1. The summed E-state index contributed by atoms with van der Waals surface area (Å²) < 4.78 is 7.09. The number of hydrogen-bond acceptors (Lipinski definition) is 6. The third kappa shape index (κ3) is 3.57. The van der Waals surface area contributed by atoms with E-state index >= 15 is 0 Å². The quantitative estimate of drug-likeness (QED) is 0.686. The van der Waals surface area contributed by atoms with Crippen LogP contribution in [0.15, 0.2) is 72.2 Å². The minimum Gasteiger partial charge on any atom is -0.497 e. The summed E-state index contributed by atoms with van der Waals surface area (Å²) in [5.41, 5.74) is 3.66. The first-order valence-corrected chi connectivity index (χ1v) is 10.8. The molecule has 0 spiro atoms. The molecule has 32 heavy (non-hydrogen) atoms. The number of carbonyl (C=O) groups is 1. The zero-order valence-electron chi connectivity index (χ0n) is 18.2. The first kappa shape index (κ1) is 20.1. The molecule has 3 heterocycles. The number of nitrogens with zero attached hydrogens (tertiary/aromatic N) is 5. The first-order chi connectivity index (χ1) is 15.7. The number of carbonyl (C=O) groups excluding carboxylic acids is 1. The van der Waals surface area contributed by atoms with E-state index in [0.29, 0.717) is 24.6 Å². The van der Waals surface area contributed by atoms with E-state index in [1.807, 2.05) is 54.3 Å². The highest BCUT2D eigenvalue weighted by Gasteiger charge is 2.36. The lowest BCUT2D eigenvalue weighted by atomic mass is 9.94. The number of piperazine rings is 1. The van der Waals surface area contributed by atoms with Gasteiger partial charge in [-0.25, -0.2) is 4.68 Å². The summed E-state index contributed by atoms with van der Waals surface area (Å²) in [6.07, 6.45) is 1.51. The molecule has 0 radical (unpaired) electrons. The molecule has 1 amide bonds. The molecule has 2 aromatic carbocycles. The van der Waals surface area contributed by atoms with Crippen molar-refractivity contribution in [1.82, 2.24) is 19.7 Å². The number of methoxy groups -OCH3 is 1. The number of aromatic nitrogens is 3. The second kappa shape index (κ2) is 8.37. The molecule has 1 atom stereocenters. The lowest BCUT2D eigenvalue weighted by Gasteiger charge is -2.38. The van der Waals surface area contributed by atoms with Gasteiger partial charge in [-0.2, -0.15) is 10.1 Å². The highest BCUT2D eigenvalue weighted by molar-refractivity contribution is 5.97. The van der Waals surface area contributed by atoms with Crippen molar-refractivity contribution in [3.8, 4) is 5.75 Å². The van der Waals surface area contributed by atoms with Crippen LogP contribution in [0.1, 0.15) is 18.5 Å². The summed E-state index contributed by atoms with van der Waals surface area (Å²) in [5.74, 6) is 1.44. The number of anilines is 2. The van der Waals surface area contributed by atoms with Gasteiger partial charge in [0, 0.05) is 37.6 Å². The zero-order chi connectivity index (χ0) is 22.1. The van der Waals surface area contributed by atoms with Crippen LogP contribution in [0, 0.1) is 0 Å². The van der Waals surface area contributed by atoms with Gasteiger partial charge in [-0.05, 0) is 36.8 Å². The number of nitrogens with one attached hydrogen (secondary N) is 1. The maximum absolute atomic E-state index is 13.8. The minimum absolute atomic E-state index is 0.0321. The van der Waals surface area contributed by atoms with Crippen molar-refractivity contribution in [2.45, 2.75) is 13.0 Å². The van der Waals surface area contributed by atoms with Crippen molar-refractivity contribution >= 4 is 17.5 Å². The molecule has 2 aliphatic heterocycles. The maximum Gasteiger partial charge on any atom is 0.254 e. The lowest BCUT2D eigenvalue weighted by Crippen LogP contribution is -2.50. The van der Waals surface area contributed by atoms with Crippen LogP contribution in [0.2, 0.25) is 0 Å². The van der Waals surface area contributed by atoms with Gasteiger partial charge in [0.25, 0.3) is 5.91 Å². The van der Waals surface area contributed by atoms with E-state index in [0.717, 1.165) is 30.1 Å². The molecule has 8 heteroatoms. The third-order valence-electron chi connectivity index (χ3n) is 6.14. The minimum atomic E-state index is -0.348. The molecule has 3 aromatic rings. The average Bonchev–Trinajstić information content (AvgIpc) is 3.31. The van der Waals surface area contributed by atoms with Crippen LogP contribution in [0.3, 0.4) is 0 Å². The van der Waals surface area contributed by atoms with Crippen molar-refractivity contribution in [3.05, 3.63) is 77.8 Å². The Morgan fingerprint density at radius 1 is 1.03 bits per heavy atom. The molecule has 164 valence electrons. The van der Waals surface area contributed by atoms with E-state index in [1.165, 1.54) is 12.0 Å². The van der Waals surface area contributed by atoms with Gasteiger partial charge < -0.3 is 19.9 Å². The normalized spacial score (nSPS) is 18.2. The molecular weight excluding hydrogens is 404 g/mol. The summed E-state index contributed by atoms with van der Waals surface area (Å²) in [4.78, 5) is 22.3. The Labute approximate surface area is 187 Å². The molecule has 2 aliphatic rings. The van der Waals surface area contributed by atoms with Crippen LogP contribution in [-0.4, -0.2) is 58.9 Å². The van der Waals surface area contributed by atoms with Gasteiger partial charge >= 0.3 is 0 Å². The largest absolute Gasteiger partial charge is 0.497 e. The molecular formula is C24H26N6O2. The summed E-state index contributed by atoms with van der Waals surface area (Å²) in [5, 5.41) is 7.67. The smallest absolute Gasteiger partial charge is 0.254 e. The first-order valence-electron chi connectivity index (χ1n) is 10.8. The molecule has 5 rings (SSSR count). The third-order valence-corrected chi connectivity index (χ3v) is 6.14. The number of rotatable bonds is 4. The second-order valence-corrected chi connectivity index (χ2v) is 7.98. The van der Waals surface area contributed by atoms with E-state index in [-0.39, 0.29) is 11.9 Å². The molecule has 8 nitrogen and oxygen atoms in total. The van der Waals surface area contributed by atoms with Gasteiger partial charge in [0.05, 0.1) is 12.7 Å². The average molecular weight is 431 g/mol. The fourth-order valence-electron chi connectivity index (χ4n) is 4.44. The predicted molar refractivity (Wildman–Crippen MR) is 123 cm³/mol. The van der Waals surface area contributed by atoms with Crippen molar-refractivity contribution < 1.29 is 9.53 Å². The predicted octanol–water partition coefficient (Wildman–Crippen LogP) is 2.92. The van der Waals surface area contributed by atoms with E-state index in [1.54, 1.807) is 11.8 Å². The van der Waals surface area contributed by atoms with Crippen LogP contribution in [0.4, 0.5) is 11.6 Å². The topological polar surface area (TPSA) is 75.5 Å². The Kier molecular flexibility index (Phi) is 5.26. The Bertz CT molecular complexity index is 1130. The molecule has 1 saturated heterocycles. The fourth-order valence-corrected chi connectivity index (χ4v) is 4.44. The highest BCUT2D eigenvalue weighted by Crippen LogP contribution is 2.36. The van der Waals surface area contributed by atoms with E-state index in [4.69, 9.17) is 4.74 Å². The zero-order valence-corrected chi connectivity index (χ0v) is 18.2. The van der Waals surface area contributed by atoms with Crippen molar-refractivity contribution in [2.24, 2.45) is 0 Å². The standard InChI is InChI=1S/C24H26N6O2/c1-17-21(23(31)29-14-12-28(13-15-29)19-6-4-3-5-7-19)22(30-24(27-17)25-16-26-30)18-8-10-20(32-2)11-9-18/h3-11,16,22H,12-15H2,1-2H3,(H,25,26,27). The molecule has 1 fully saturated rings. The highest BCUT2D eigenvalue weighted by atomic mass is 16.5. The molecule has 1 N–H and O–H groups in total. The van der Waals surface area contributed by atoms with E-state index < -0.39 is 0 Å². The van der Waals surface area contributed by atoms with Crippen molar-refractivity contribution in [2.75, 3.05) is 43.5 Å². The van der Waals surface area contributed by atoms with Crippen LogP contribution in [-0.2, 0) is 4.79 Å².